The molecule has 0 heterocycles. The quantitative estimate of drug-likeness (QED) is 0.555. The fourth-order valence-corrected chi connectivity index (χ4v) is 1.29. The molecule has 1 aromatic carbocycles. The highest BCUT2D eigenvalue weighted by Gasteiger charge is 2.12. The van der Waals surface area contributed by atoms with Gasteiger partial charge in [-0.3, -0.25) is 10.1 Å². The Labute approximate surface area is 81.5 Å². The van der Waals surface area contributed by atoms with Crippen molar-refractivity contribution in [1.29, 1.82) is 0 Å². The smallest absolute Gasteiger partial charge is 0.214 e. The minimum absolute atomic E-state index is 0.291. The molecule has 13 heavy (non-hydrogen) atoms. The number of nitro groups is 1. The Hall–Kier alpha value is -1.09. The number of benzene rings is 1. The third-order valence-corrected chi connectivity index (χ3v) is 2.02. The molecule has 70 valence electrons. The van der Waals surface area contributed by atoms with Crippen LogP contribution >= 0.6 is 11.6 Å². The van der Waals surface area contributed by atoms with Crippen LogP contribution in [0.2, 0.25) is 5.02 Å². The van der Waals surface area contributed by atoms with Gasteiger partial charge in [0.15, 0.2) is 0 Å². The first-order valence-electron chi connectivity index (χ1n) is 3.97. The van der Waals surface area contributed by atoms with Gasteiger partial charge in [0.25, 0.3) is 0 Å². The lowest BCUT2D eigenvalue weighted by atomic mass is 10.1. The SMILES string of the molecule is CC(Cc1cccc(Cl)c1)[N+](=O)[O-]. The van der Waals surface area contributed by atoms with E-state index in [0.29, 0.717) is 11.4 Å². The molecule has 1 rings (SSSR count). The topological polar surface area (TPSA) is 43.1 Å². The van der Waals surface area contributed by atoms with Crippen molar-refractivity contribution in [2.75, 3.05) is 0 Å². The van der Waals surface area contributed by atoms with Gasteiger partial charge in [0.2, 0.25) is 6.04 Å². The third kappa shape index (κ3) is 3.03. The first-order valence-corrected chi connectivity index (χ1v) is 4.35. The minimum atomic E-state index is -0.557. The van der Waals surface area contributed by atoms with Gasteiger partial charge < -0.3 is 0 Å². The van der Waals surface area contributed by atoms with E-state index in [9.17, 15) is 10.1 Å². The zero-order chi connectivity index (χ0) is 9.84. The summed E-state index contributed by atoms with van der Waals surface area (Å²) >= 11 is 5.74. The van der Waals surface area contributed by atoms with E-state index < -0.39 is 6.04 Å². The van der Waals surface area contributed by atoms with Crippen LogP contribution in [-0.2, 0) is 6.42 Å². The summed E-state index contributed by atoms with van der Waals surface area (Å²) in [5, 5.41) is 11.0. The van der Waals surface area contributed by atoms with Gasteiger partial charge >= 0.3 is 0 Å². The zero-order valence-corrected chi connectivity index (χ0v) is 7.99. The molecule has 0 amide bonds. The van der Waals surface area contributed by atoms with E-state index in [1.807, 2.05) is 6.07 Å². The molecule has 4 heteroatoms. The Morgan fingerprint density at radius 2 is 2.31 bits per heavy atom. The Morgan fingerprint density at radius 3 is 2.85 bits per heavy atom. The van der Waals surface area contributed by atoms with Crippen LogP contribution in [0.5, 0.6) is 0 Å². The maximum absolute atomic E-state index is 10.4. The lowest BCUT2D eigenvalue weighted by Gasteiger charge is -2.03. The lowest BCUT2D eigenvalue weighted by Crippen LogP contribution is -2.17. The van der Waals surface area contributed by atoms with Crippen molar-refractivity contribution in [3.05, 3.63) is 45.0 Å². The summed E-state index contributed by atoms with van der Waals surface area (Å²) in [5.74, 6) is 0. The molecule has 0 aliphatic heterocycles. The van der Waals surface area contributed by atoms with Crippen molar-refractivity contribution in [2.24, 2.45) is 0 Å². The van der Waals surface area contributed by atoms with Gasteiger partial charge in [0.1, 0.15) is 0 Å². The highest BCUT2D eigenvalue weighted by Crippen LogP contribution is 2.12. The van der Waals surface area contributed by atoms with Crippen LogP contribution in [0.15, 0.2) is 24.3 Å². The van der Waals surface area contributed by atoms with Crippen LogP contribution in [0.3, 0.4) is 0 Å². The minimum Gasteiger partial charge on any atom is -0.264 e. The first kappa shape index (κ1) is 9.99. The summed E-state index contributed by atoms with van der Waals surface area (Å²) in [4.78, 5) is 10.1. The zero-order valence-electron chi connectivity index (χ0n) is 7.24. The molecule has 0 aliphatic carbocycles. The predicted molar refractivity (Wildman–Crippen MR) is 51.6 cm³/mol. The van der Waals surface area contributed by atoms with Crippen LogP contribution < -0.4 is 0 Å². The monoisotopic (exact) mass is 199 g/mol. The maximum atomic E-state index is 10.4. The van der Waals surface area contributed by atoms with Crippen molar-refractivity contribution in [3.63, 3.8) is 0 Å². The Morgan fingerprint density at radius 1 is 1.62 bits per heavy atom. The van der Waals surface area contributed by atoms with Crippen LogP contribution in [0, 0.1) is 10.1 Å². The van der Waals surface area contributed by atoms with E-state index in [4.69, 9.17) is 11.6 Å². The molecule has 0 saturated carbocycles. The maximum Gasteiger partial charge on any atom is 0.214 e. The largest absolute Gasteiger partial charge is 0.264 e. The Kier molecular flexibility index (Phi) is 3.25. The second-order valence-corrected chi connectivity index (χ2v) is 3.40. The molecule has 0 radical (unpaired) electrons. The van der Waals surface area contributed by atoms with E-state index in [2.05, 4.69) is 0 Å². The summed E-state index contributed by atoms with van der Waals surface area (Å²) in [6, 6.07) is 6.58. The normalized spacial score (nSPS) is 12.5. The van der Waals surface area contributed by atoms with Gasteiger partial charge in [-0.05, 0) is 17.7 Å². The van der Waals surface area contributed by atoms with Gasteiger partial charge in [-0.25, -0.2) is 0 Å². The number of hydrogen-bond donors (Lipinski definition) is 0. The summed E-state index contributed by atoms with van der Waals surface area (Å²) in [6.07, 6.45) is 0.424. The van der Waals surface area contributed by atoms with Crippen LogP contribution in [0.1, 0.15) is 12.5 Å². The highest BCUT2D eigenvalue weighted by molar-refractivity contribution is 6.30. The lowest BCUT2D eigenvalue weighted by molar-refractivity contribution is -0.517. The van der Waals surface area contributed by atoms with E-state index in [0.717, 1.165) is 5.56 Å². The molecule has 0 aliphatic rings. The van der Waals surface area contributed by atoms with Crippen molar-refractivity contribution < 1.29 is 4.92 Å². The summed E-state index contributed by atoms with van der Waals surface area (Å²) in [5.41, 5.74) is 0.900. The summed E-state index contributed by atoms with van der Waals surface area (Å²) in [6.45, 7) is 1.58. The Bertz CT molecular complexity index is 314. The second kappa shape index (κ2) is 4.23. The van der Waals surface area contributed by atoms with Gasteiger partial charge in [-0.1, -0.05) is 23.7 Å². The van der Waals surface area contributed by atoms with Gasteiger partial charge in [0.05, 0.1) is 0 Å². The molecular weight excluding hydrogens is 190 g/mol. The number of rotatable bonds is 3. The van der Waals surface area contributed by atoms with Gasteiger partial charge in [0, 0.05) is 23.3 Å². The van der Waals surface area contributed by atoms with Crippen molar-refractivity contribution in [3.8, 4) is 0 Å². The predicted octanol–water partition coefficient (Wildman–Crippen LogP) is 2.55. The Balaban J connectivity index is 2.69. The molecule has 0 N–H and O–H groups in total. The van der Waals surface area contributed by atoms with E-state index in [1.54, 1.807) is 25.1 Å². The molecule has 3 nitrogen and oxygen atoms in total. The van der Waals surface area contributed by atoms with Crippen molar-refractivity contribution >= 4 is 11.6 Å². The van der Waals surface area contributed by atoms with E-state index in [-0.39, 0.29) is 4.92 Å². The van der Waals surface area contributed by atoms with Crippen LogP contribution in [0.4, 0.5) is 0 Å². The molecule has 0 fully saturated rings. The molecule has 0 aromatic heterocycles. The second-order valence-electron chi connectivity index (χ2n) is 2.97. The van der Waals surface area contributed by atoms with Crippen LogP contribution in [-0.4, -0.2) is 11.0 Å². The van der Waals surface area contributed by atoms with Crippen molar-refractivity contribution in [2.45, 2.75) is 19.4 Å². The van der Waals surface area contributed by atoms with E-state index >= 15 is 0 Å². The van der Waals surface area contributed by atoms with Gasteiger partial charge in [-0.2, -0.15) is 0 Å². The molecule has 1 unspecified atom stereocenters. The number of nitrogens with zero attached hydrogens (tertiary/aromatic N) is 1. The molecule has 0 saturated heterocycles. The standard InChI is InChI=1S/C9H10ClNO2/c1-7(11(12)13)5-8-3-2-4-9(10)6-8/h2-4,6-7H,5H2,1H3. The highest BCUT2D eigenvalue weighted by atomic mass is 35.5. The van der Waals surface area contributed by atoms with E-state index in [1.165, 1.54) is 0 Å². The van der Waals surface area contributed by atoms with Gasteiger partial charge in [-0.15, -0.1) is 0 Å². The average Bonchev–Trinajstić information content (AvgIpc) is 2.04. The molecule has 1 atom stereocenters. The third-order valence-electron chi connectivity index (χ3n) is 1.78. The average molecular weight is 200 g/mol. The molecule has 0 bridgehead atoms. The fourth-order valence-electron chi connectivity index (χ4n) is 1.08. The first-order chi connectivity index (χ1) is 6.09. The number of hydrogen-bond acceptors (Lipinski definition) is 2. The number of halogens is 1. The summed E-state index contributed by atoms with van der Waals surface area (Å²) in [7, 11) is 0. The fraction of sp³-hybridized carbons (Fsp3) is 0.333. The molecular formula is C9H10ClNO2. The van der Waals surface area contributed by atoms with Crippen molar-refractivity contribution in [1.82, 2.24) is 0 Å². The molecule has 1 aromatic rings. The molecule has 0 spiro atoms. The van der Waals surface area contributed by atoms with Crippen LogP contribution in [0.25, 0.3) is 0 Å². The summed E-state index contributed by atoms with van der Waals surface area (Å²) < 4.78 is 0.